The molecule has 0 radical (unpaired) electrons. The molecule has 0 amide bonds. The second kappa shape index (κ2) is 2.81. The molecule has 1 fully saturated rings. The van der Waals surface area contributed by atoms with E-state index in [1.807, 2.05) is 13.0 Å². The fourth-order valence-corrected chi connectivity index (χ4v) is 1.46. The summed E-state index contributed by atoms with van der Waals surface area (Å²) in [7, 11) is 0. The average molecular weight is 179 g/mol. The van der Waals surface area contributed by atoms with Crippen molar-refractivity contribution in [2.24, 2.45) is 0 Å². The van der Waals surface area contributed by atoms with Crippen LogP contribution in [0.2, 0.25) is 0 Å². The lowest BCUT2D eigenvalue weighted by Crippen LogP contribution is -1.96. The Hall–Kier alpha value is -1.42. The fourth-order valence-electron chi connectivity index (χ4n) is 1.46. The predicted molar refractivity (Wildman–Crippen MR) is 46.5 cm³/mol. The quantitative estimate of drug-likeness (QED) is 0.396. The standard InChI is InChI=1S/C9H9NO3/c1-6-3-2-4-7(10(11)12)9(6)8-5-13-8/h2-4,8H,5H2,1H3/t8-/m1/s1. The van der Waals surface area contributed by atoms with Crippen LogP contribution in [-0.4, -0.2) is 11.5 Å². The summed E-state index contributed by atoms with van der Waals surface area (Å²) >= 11 is 0. The van der Waals surface area contributed by atoms with Crippen molar-refractivity contribution in [3.05, 3.63) is 39.4 Å². The zero-order valence-corrected chi connectivity index (χ0v) is 7.19. The summed E-state index contributed by atoms with van der Waals surface area (Å²) in [6.07, 6.45) is -0.0541. The molecule has 68 valence electrons. The van der Waals surface area contributed by atoms with Crippen LogP contribution in [0.1, 0.15) is 17.2 Å². The van der Waals surface area contributed by atoms with Gasteiger partial charge in [-0.2, -0.15) is 0 Å². The van der Waals surface area contributed by atoms with Gasteiger partial charge in [-0.1, -0.05) is 12.1 Å². The van der Waals surface area contributed by atoms with Gasteiger partial charge in [0, 0.05) is 6.07 Å². The van der Waals surface area contributed by atoms with E-state index >= 15 is 0 Å². The Morgan fingerprint density at radius 3 is 2.85 bits per heavy atom. The zero-order valence-electron chi connectivity index (χ0n) is 7.19. The molecular formula is C9H9NO3. The first-order valence-corrected chi connectivity index (χ1v) is 4.05. The second-order valence-corrected chi connectivity index (χ2v) is 3.09. The van der Waals surface area contributed by atoms with E-state index in [0.717, 1.165) is 11.1 Å². The summed E-state index contributed by atoms with van der Waals surface area (Å²) in [4.78, 5) is 10.3. The number of nitrogens with zero attached hydrogens (tertiary/aromatic N) is 1. The third-order valence-corrected chi connectivity index (χ3v) is 2.15. The number of hydrogen-bond acceptors (Lipinski definition) is 3. The Morgan fingerprint density at radius 2 is 2.31 bits per heavy atom. The van der Waals surface area contributed by atoms with Gasteiger partial charge >= 0.3 is 0 Å². The zero-order chi connectivity index (χ0) is 9.42. The molecule has 0 aromatic heterocycles. The SMILES string of the molecule is Cc1cccc([N+](=O)[O-])c1[C@H]1CO1. The van der Waals surface area contributed by atoms with Crippen LogP contribution in [-0.2, 0) is 4.74 Å². The van der Waals surface area contributed by atoms with Crippen LogP contribution in [0.4, 0.5) is 5.69 Å². The molecule has 1 aliphatic rings. The molecular weight excluding hydrogens is 170 g/mol. The van der Waals surface area contributed by atoms with Gasteiger partial charge in [0.1, 0.15) is 6.10 Å². The number of benzene rings is 1. The molecule has 1 aromatic rings. The molecule has 13 heavy (non-hydrogen) atoms. The third kappa shape index (κ3) is 1.40. The van der Waals surface area contributed by atoms with Crippen molar-refractivity contribution in [2.45, 2.75) is 13.0 Å². The molecule has 4 heteroatoms. The first-order chi connectivity index (χ1) is 6.20. The van der Waals surface area contributed by atoms with E-state index in [0.29, 0.717) is 6.61 Å². The minimum Gasteiger partial charge on any atom is -0.368 e. The van der Waals surface area contributed by atoms with E-state index in [-0.39, 0.29) is 16.7 Å². The Labute approximate surface area is 75.3 Å². The van der Waals surface area contributed by atoms with Crippen LogP contribution in [0, 0.1) is 17.0 Å². The maximum Gasteiger partial charge on any atom is 0.275 e. The van der Waals surface area contributed by atoms with E-state index in [1.165, 1.54) is 6.07 Å². The van der Waals surface area contributed by atoms with Gasteiger partial charge in [-0.05, 0) is 12.5 Å². The van der Waals surface area contributed by atoms with Gasteiger partial charge < -0.3 is 4.74 Å². The summed E-state index contributed by atoms with van der Waals surface area (Å²) in [6, 6.07) is 5.08. The van der Waals surface area contributed by atoms with Gasteiger partial charge in [-0.3, -0.25) is 10.1 Å². The first-order valence-electron chi connectivity index (χ1n) is 4.05. The number of nitro benzene ring substituents is 1. The molecule has 0 bridgehead atoms. The first kappa shape index (κ1) is 8.19. The van der Waals surface area contributed by atoms with Gasteiger partial charge in [0.15, 0.2) is 0 Å². The monoisotopic (exact) mass is 179 g/mol. The van der Waals surface area contributed by atoms with Crippen LogP contribution in [0.25, 0.3) is 0 Å². The average Bonchev–Trinajstić information content (AvgIpc) is 2.86. The highest BCUT2D eigenvalue weighted by molar-refractivity contribution is 5.47. The third-order valence-electron chi connectivity index (χ3n) is 2.15. The minimum atomic E-state index is -0.357. The van der Waals surface area contributed by atoms with E-state index in [1.54, 1.807) is 6.07 Å². The van der Waals surface area contributed by atoms with Crippen molar-refractivity contribution >= 4 is 5.69 Å². The maximum absolute atomic E-state index is 10.7. The summed E-state index contributed by atoms with van der Waals surface area (Å²) < 4.78 is 5.06. The Balaban J connectivity index is 2.53. The largest absolute Gasteiger partial charge is 0.368 e. The molecule has 1 aromatic carbocycles. The van der Waals surface area contributed by atoms with Crippen LogP contribution in [0.5, 0.6) is 0 Å². The Morgan fingerprint density at radius 1 is 1.62 bits per heavy atom. The minimum absolute atomic E-state index is 0.0541. The van der Waals surface area contributed by atoms with Crippen molar-refractivity contribution in [2.75, 3.05) is 6.61 Å². The molecule has 0 spiro atoms. The van der Waals surface area contributed by atoms with Crippen LogP contribution in [0.15, 0.2) is 18.2 Å². The van der Waals surface area contributed by atoms with E-state index in [4.69, 9.17) is 4.74 Å². The van der Waals surface area contributed by atoms with Crippen molar-refractivity contribution in [3.8, 4) is 0 Å². The van der Waals surface area contributed by atoms with Crippen LogP contribution >= 0.6 is 0 Å². The number of ether oxygens (including phenoxy) is 1. The molecule has 1 atom stereocenters. The molecule has 1 heterocycles. The van der Waals surface area contributed by atoms with Gasteiger partial charge in [0.05, 0.1) is 17.1 Å². The summed E-state index contributed by atoms with van der Waals surface area (Å²) in [5.41, 5.74) is 1.83. The predicted octanol–water partition coefficient (Wildman–Crippen LogP) is 1.97. The van der Waals surface area contributed by atoms with Gasteiger partial charge in [0.2, 0.25) is 0 Å². The molecule has 0 aliphatic carbocycles. The highest BCUT2D eigenvalue weighted by Gasteiger charge is 2.33. The molecule has 1 saturated heterocycles. The van der Waals surface area contributed by atoms with Crippen LogP contribution in [0.3, 0.4) is 0 Å². The molecule has 1 aliphatic heterocycles. The smallest absolute Gasteiger partial charge is 0.275 e. The summed E-state index contributed by atoms with van der Waals surface area (Å²) in [5.74, 6) is 0. The lowest BCUT2D eigenvalue weighted by atomic mass is 10.0. The van der Waals surface area contributed by atoms with Crippen LogP contribution < -0.4 is 0 Å². The van der Waals surface area contributed by atoms with E-state index in [9.17, 15) is 10.1 Å². The van der Waals surface area contributed by atoms with E-state index < -0.39 is 0 Å². The molecule has 0 saturated carbocycles. The van der Waals surface area contributed by atoms with Crippen molar-refractivity contribution in [1.82, 2.24) is 0 Å². The second-order valence-electron chi connectivity index (χ2n) is 3.09. The number of nitro groups is 1. The fraction of sp³-hybridized carbons (Fsp3) is 0.333. The van der Waals surface area contributed by atoms with Gasteiger partial charge in [-0.15, -0.1) is 0 Å². The van der Waals surface area contributed by atoms with E-state index in [2.05, 4.69) is 0 Å². The number of rotatable bonds is 2. The number of aryl methyl sites for hydroxylation is 1. The van der Waals surface area contributed by atoms with Crippen molar-refractivity contribution in [1.29, 1.82) is 0 Å². The summed E-state index contributed by atoms with van der Waals surface area (Å²) in [6.45, 7) is 2.47. The lowest BCUT2D eigenvalue weighted by Gasteiger charge is -2.02. The van der Waals surface area contributed by atoms with Crippen molar-refractivity contribution < 1.29 is 9.66 Å². The Kier molecular flexibility index (Phi) is 1.77. The number of hydrogen-bond donors (Lipinski definition) is 0. The molecule has 2 rings (SSSR count). The Bertz CT molecular complexity index is 358. The lowest BCUT2D eigenvalue weighted by molar-refractivity contribution is -0.385. The van der Waals surface area contributed by atoms with Crippen molar-refractivity contribution in [3.63, 3.8) is 0 Å². The van der Waals surface area contributed by atoms with Gasteiger partial charge in [0.25, 0.3) is 5.69 Å². The summed E-state index contributed by atoms with van der Waals surface area (Å²) in [5, 5.41) is 10.7. The number of epoxide rings is 1. The topological polar surface area (TPSA) is 55.7 Å². The highest BCUT2D eigenvalue weighted by Crippen LogP contribution is 2.37. The molecule has 0 N–H and O–H groups in total. The highest BCUT2D eigenvalue weighted by atomic mass is 16.6. The normalized spacial score (nSPS) is 19.9. The molecule has 4 nitrogen and oxygen atoms in total. The molecule has 0 unspecified atom stereocenters. The van der Waals surface area contributed by atoms with Gasteiger partial charge in [-0.25, -0.2) is 0 Å². The maximum atomic E-state index is 10.7.